The number of esters is 2. The predicted octanol–water partition coefficient (Wildman–Crippen LogP) is 3.12. The Labute approximate surface area is 224 Å². The maximum Gasteiger partial charge on any atom is 0.351 e. The monoisotopic (exact) mass is 532 g/mol. The van der Waals surface area contributed by atoms with Crippen LogP contribution in [-0.4, -0.2) is 55.1 Å². The van der Waals surface area contributed by atoms with Crippen LogP contribution in [0.15, 0.2) is 72.2 Å². The highest BCUT2D eigenvalue weighted by Crippen LogP contribution is 2.31. The molecule has 0 unspecified atom stereocenters. The summed E-state index contributed by atoms with van der Waals surface area (Å²) < 4.78 is 20.2. The minimum Gasteiger partial charge on any atom is -0.459 e. The number of hydrogen-bond acceptors (Lipinski definition) is 9. The number of hydrogen-bond donors (Lipinski definition) is 0. The number of benzene rings is 2. The minimum atomic E-state index is -0.805. The molecule has 0 N–H and O–H groups in total. The van der Waals surface area contributed by atoms with E-state index in [1.165, 1.54) is 21.9 Å². The van der Waals surface area contributed by atoms with Gasteiger partial charge in [-0.2, -0.15) is 10.1 Å². The molecule has 200 valence electrons. The number of aryl methyl sites for hydroxylation is 3. The summed E-state index contributed by atoms with van der Waals surface area (Å²) >= 11 is 0. The second kappa shape index (κ2) is 11.0. The van der Waals surface area contributed by atoms with Crippen LogP contribution in [0.3, 0.4) is 0 Å². The highest BCUT2D eigenvalue weighted by molar-refractivity contribution is 5.90. The molecule has 4 aromatic rings. The van der Waals surface area contributed by atoms with Crippen molar-refractivity contribution in [2.24, 2.45) is 0 Å². The Morgan fingerprint density at radius 2 is 1.62 bits per heavy atom. The van der Waals surface area contributed by atoms with Crippen molar-refractivity contribution in [1.82, 2.24) is 24.3 Å². The van der Waals surface area contributed by atoms with E-state index in [0.29, 0.717) is 22.5 Å². The van der Waals surface area contributed by atoms with Crippen LogP contribution in [0.4, 0.5) is 0 Å². The number of rotatable bonds is 7. The van der Waals surface area contributed by atoms with Gasteiger partial charge in [0, 0.05) is 18.2 Å². The fourth-order valence-corrected chi connectivity index (χ4v) is 4.29. The fraction of sp³-hybridized carbons (Fsp3) is 0.286. The lowest BCUT2D eigenvalue weighted by Crippen LogP contribution is -2.32. The van der Waals surface area contributed by atoms with Gasteiger partial charge in [-0.3, -0.25) is 4.57 Å². The average molecular weight is 533 g/mol. The van der Waals surface area contributed by atoms with E-state index in [1.807, 2.05) is 38.1 Å². The number of ether oxygens (including phenoxy) is 3. The number of aromatic nitrogens is 5. The SMILES string of the molecule is Cc1ccc(C(=O)OC[C@H]2O[C@@H]([15n]3cc(C)c(-n4cncn4)[15n][13c]3=O)C[C@@H]2OC(=O)c2ccc(C)cc2)cc1. The number of carbonyl (C=O) groups is 2. The highest BCUT2D eigenvalue weighted by atomic mass is 16.6. The molecule has 39 heavy (non-hydrogen) atoms. The smallest absolute Gasteiger partial charge is 0.351 e. The van der Waals surface area contributed by atoms with Crippen LogP contribution >= 0.6 is 0 Å². The van der Waals surface area contributed by atoms with Crippen molar-refractivity contribution in [2.45, 2.75) is 45.6 Å². The second-order valence-electron chi connectivity index (χ2n) is 9.42. The van der Waals surface area contributed by atoms with Crippen molar-refractivity contribution in [3.63, 3.8) is 0 Å². The molecule has 0 radical (unpaired) electrons. The molecule has 2 aromatic heterocycles. The Kier molecular flexibility index (Phi) is 7.33. The van der Waals surface area contributed by atoms with Crippen LogP contribution in [0, 0.1) is 20.8 Å². The molecule has 5 rings (SSSR count). The quantitative estimate of drug-likeness (QED) is 0.330. The second-order valence-corrected chi connectivity index (χ2v) is 9.42. The van der Waals surface area contributed by atoms with Crippen LogP contribution in [-0.2, 0) is 14.2 Å². The predicted molar refractivity (Wildman–Crippen MR) is 139 cm³/mol. The van der Waals surface area contributed by atoms with Gasteiger partial charge in [0.1, 0.15) is 37.7 Å². The molecule has 0 bridgehead atoms. The Morgan fingerprint density at radius 3 is 2.23 bits per heavy atom. The summed E-state index contributed by atoms with van der Waals surface area (Å²) in [4.78, 5) is 46.5. The molecule has 0 amide bonds. The van der Waals surface area contributed by atoms with Gasteiger partial charge in [-0.25, -0.2) is 24.0 Å². The third-order valence-corrected chi connectivity index (χ3v) is 6.45. The largest absolute Gasteiger partial charge is 0.459 e. The van der Waals surface area contributed by atoms with Gasteiger partial charge in [0.05, 0.1) is 11.1 Å². The normalized spacial score (nSPS) is 18.6. The molecular formula is C28H27N5O6. The summed E-state index contributed by atoms with van der Waals surface area (Å²) in [6.07, 6.45) is 2.18. The molecule has 1 fully saturated rings. The van der Waals surface area contributed by atoms with Crippen molar-refractivity contribution in [2.75, 3.05) is 6.61 Å². The molecule has 11 heteroatoms. The summed E-state index contributed by atoms with van der Waals surface area (Å²) in [7, 11) is 0. The molecule has 0 saturated carbocycles. The summed E-state index contributed by atoms with van der Waals surface area (Å²) in [5.74, 6) is -0.725. The average Bonchev–Trinajstić information content (AvgIpc) is 3.60. The van der Waals surface area contributed by atoms with E-state index in [2.05, 4.69) is 15.1 Å². The lowest BCUT2D eigenvalue weighted by Gasteiger charge is -2.19. The topological polar surface area (TPSA) is 127 Å². The zero-order chi connectivity index (χ0) is 27.5. The summed E-state index contributed by atoms with van der Waals surface area (Å²) in [5.41, 5.74) is 2.88. The van der Waals surface area contributed by atoms with Gasteiger partial charge in [-0.1, -0.05) is 35.4 Å². The van der Waals surface area contributed by atoms with Gasteiger partial charge >= 0.3 is 17.6 Å². The van der Waals surface area contributed by atoms with Crippen LogP contribution in [0.25, 0.3) is 5.82 Å². The van der Waals surface area contributed by atoms with E-state index in [9.17, 15) is 14.4 Å². The van der Waals surface area contributed by atoms with Crippen LogP contribution in [0.2, 0.25) is 0 Å². The lowest BCUT2D eigenvalue weighted by atomic mass is 10.1. The molecule has 1 saturated heterocycles. The van der Waals surface area contributed by atoms with Crippen molar-refractivity contribution < 1.29 is 23.8 Å². The molecule has 11 nitrogen and oxygen atoms in total. The molecule has 0 spiro atoms. The zero-order valence-electron chi connectivity index (χ0n) is 21.7. The third-order valence-electron chi connectivity index (χ3n) is 6.45. The molecule has 0 aliphatic carbocycles. The zero-order valence-corrected chi connectivity index (χ0v) is 21.7. The van der Waals surface area contributed by atoms with Gasteiger partial charge < -0.3 is 14.2 Å². The highest BCUT2D eigenvalue weighted by Gasteiger charge is 2.40. The van der Waals surface area contributed by atoms with Crippen molar-refractivity contribution >= 4 is 11.9 Å². The third kappa shape index (κ3) is 5.78. The van der Waals surface area contributed by atoms with Gasteiger partial charge in [0.2, 0.25) is 0 Å². The van der Waals surface area contributed by atoms with Crippen LogP contribution in [0.1, 0.15) is 50.1 Å². The first-order chi connectivity index (χ1) is 18.8. The number of nitrogens with zero attached hydrogens (tertiary/aromatic N) is 5. The summed E-state index contributed by atoms with van der Waals surface area (Å²) in [6, 6.07) is 14.0. The molecule has 3 heterocycles. The van der Waals surface area contributed by atoms with Gasteiger partial charge in [0.25, 0.3) is 0 Å². The molecular weight excluding hydrogens is 505 g/mol. The number of carbonyl (C=O) groups excluding carboxylic acids is 2. The van der Waals surface area contributed by atoms with E-state index >= 15 is 0 Å². The summed E-state index contributed by atoms with van der Waals surface area (Å²) in [6.45, 7) is 5.45. The first-order valence-electron chi connectivity index (χ1n) is 12.4. The van der Waals surface area contributed by atoms with E-state index in [4.69, 9.17) is 14.2 Å². The lowest BCUT2D eigenvalue weighted by molar-refractivity contribution is -0.0582. The first kappa shape index (κ1) is 26.0. The van der Waals surface area contributed by atoms with Crippen molar-refractivity contribution in [3.05, 3.63) is 106 Å². The standard InChI is InChI=1S/C28H27N5O6/c1-17-4-8-20(9-5-17)26(34)37-14-23-22(39-27(35)21-10-6-18(2)7-11-21)12-24(38-23)32-13-19(3)25(31-28(32)36)33-16-29-15-30-33/h4-11,13,15-16,22-24H,12,14H2,1-3H3/t22-,23+,24+/m0/s1/i28+1,31+1,32+1. The van der Waals surface area contributed by atoms with Gasteiger partial charge in [0.15, 0.2) is 5.82 Å². The Morgan fingerprint density at radius 1 is 0.974 bits per heavy atom. The van der Waals surface area contributed by atoms with E-state index in [1.54, 1.807) is 37.4 Å². The minimum absolute atomic E-state index is 0.161. The maximum absolute atomic E-state index is 13.0. The molecule has 3 atom stereocenters. The van der Waals surface area contributed by atoms with Crippen molar-refractivity contribution in [3.8, 4) is 5.82 Å². The molecule has 2 aromatic carbocycles. The van der Waals surface area contributed by atoms with Crippen LogP contribution < -0.4 is 5.69 Å². The van der Waals surface area contributed by atoms with E-state index in [0.717, 1.165) is 11.1 Å². The van der Waals surface area contributed by atoms with E-state index in [-0.39, 0.29) is 13.0 Å². The molecule has 1 aliphatic heterocycles. The van der Waals surface area contributed by atoms with Gasteiger partial charge in [-0.05, 0) is 45.0 Å². The first-order valence-corrected chi connectivity index (χ1v) is 12.4. The van der Waals surface area contributed by atoms with Crippen molar-refractivity contribution in [1.29, 1.82) is 0 Å². The van der Waals surface area contributed by atoms with Gasteiger partial charge in [-0.15, -0.1) is 0 Å². The molecule has 1 aliphatic rings. The Bertz CT molecular complexity index is 1530. The van der Waals surface area contributed by atoms with E-state index < -0.39 is 36.1 Å². The van der Waals surface area contributed by atoms with Crippen LogP contribution in [0.5, 0.6) is 0 Å². The Hall–Kier alpha value is -4.64. The fourth-order valence-electron chi connectivity index (χ4n) is 4.29. The Balaban J connectivity index is 1.37. The summed E-state index contributed by atoms with van der Waals surface area (Å²) in [5, 5.41) is 4.03. The maximum atomic E-state index is 13.0.